The number of epoxide rings is 2. The molecule has 2 heterocycles. The molecule has 6 aliphatic carbocycles. The Morgan fingerprint density at radius 3 is 1.94 bits per heavy atom. The molecule has 8 aliphatic rings. The Kier molecular flexibility index (Phi) is 5.08. The van der Waals surface area contributed by atoms with Crippen LogP contribution in [0.4, 0.5) is 0 Å². The molecule has 0 aromatic carbocycles. The third-order valence-electron chi connectivity index (χ3n) is 9.90. The van der Waals surface area contributed by atoms with Crippen molar-refractivity contribution in [2.75, 3.05) is 39.6 Å². The van der Waals surface area contributed by atoms with Gasteiger partial charge in [0.25, 0.3) is 0 Å². The first-order chi connectivity index (χ1) is 15.3. The number of rotatable bonds is 8. The molecule has 2 saturated heterocycles. The van der Waals surface area contributed by atoms with Crippen LogP contribution in [0.5, 0.6) is 0 Å². The second-order valence-corrected chi connectivity index (χ2v) is 11.8. The predicted molar refractivity (Wildman–Crippen MR) is 117 cm³/mol. The molecular weight excluding hydrogens is 388 g/mol. The summed E-state index contributed by atoms with van der Waals surface area (Å²) in [6, 6.07) is 0. The topological polar surface area (TPSA) is 43.5 Å². The van der Waals surface area contributed by atoms with Crippen LogP contribution in [0.25, 0.3) is 0 Å². The van der Waals surface area contributed by atoms with Crippen LogP contribution in [0.3, 0.4) is 0 Å². The second kappa shape index (κ2) is 7.97. The molecule has 6 fully saturated rings. The smallest absolute Gasteiger partial charge is 0.104 e. The Morgan fingerprint density at radius 2 is 1.29 bits per heavy atom. The van der Waals surface area contributed by atoms with E-state index in [-0.39, 0.29) is 0 Å². The van der Waals surface area contributed by atoms with Gasteiger partial charge < -0.3 is 18.9 Å². The molecule has 0 aromatic rings. The molecule has 6 bridgehead atoms. The van der Waals surface area contributed by atoms with Crippen LogP contribution in [0.15, 0.2) is 24.3 Å². The van der Waals surface area contributed by atoms with E-state index >= 15 is 0 Å². The second-order valence-electron chi connectivity index (χ2n) is 11.8. The molecule has 170 valence electrons. The molecule has 12 unspecified atom stereocenters. The summed E-state index contributed by atoms with van der Waals surface area (Å²) in [6.45, 7) is 5.45. The van der Waals surface area contributed by atoms with Crippen LogP contribution in [0, 0.1) is 59.2 Å². The van der Waals surface area contributed by atoms with E-state index in [9.17, 15) is 0 Å². The summed E-state index contributed by atoms with van der Waals surface area (Å²) in [7, 11) is 0. The van der Waals surface area contributed by atoms with Gasteiger partial charge in [-0.15, -0.1) is 0 Å². The van der Waals surface area contributed by atoms with E-state index < -0.39 is 0 Å². The van der Waals surface area contributed by atoms with Crippen molar-refractivity contribution in [2.45, 2.75) is 44.3 Å². The van der Waals surface area contributed by atoms with Crippen LogP contribution < -0.4 is 0 Å². The zero-order chi connectivity index (χ0) is 20.4. The Hall–Kier alpha value is -0.680. The Morgan fingerprint density at radius 1 is 0.613 bits per heavy atom. The van der Waals surface area contributed by atoms with E-state index in [1.807, 2.05) is 0 Å². The fourth-order valence-corrected chi connectivity index (χ4v) is 8.46. The number of fused-ring (bicyclic) bond motifs is 11. The van der Waals surface area contributed by atoms with E-state index in [1.54, 1.807) is 0 Å². The molecule has 2 aliphatic heterocycles. The molecular formula is C27H38O4. The maximum atomic E-state index is 5.88. The van der Waals surface area contributed by atoms with Gasteiger partial charge in [0.1, 0.15) is 12.2 Å². The molecule has 0 amide bonds. The molecule has 4 saturated carbocycles. The molecule has 8 rings (SSSR count). The SMILES string of the molecule is C1=CC2CC1C1C3CC(COCC4CO4)C(C3)C21.C1=CC2CC1CC2COCC1CO1. The Bertz CT molecular complexity index is 725. The number of allylic oxidation sites excluding steroid dienone is 4. The lowest BCUT2D eigenvalue weighted by molar-refractivity contribution is 0.0403. The molecule has 0 aromatic heterocycles. The first kappa shape index (κ1) is 19.8. The van der Waals surface area contributed by atoms with Gasteiger partial charge in [0.15, 0.2) is 0 Å². The van der Waals surface area contributed by atoms with Crippen LogP contribution in [-0.4, -0.2) is 51.8 Å². The number of hydrogen-bond donors (Lipinski definition) is 0. The summed E-state index contributed by atoms with van der Waals surface area (Å²) < 4.78 is 21.8. The van der Waals surface area contributed by atoms with Gasteiger partial charge in [-0.05, 0) is 91.3 Å². The Labute approximate surface area is 186 Å². The molecule has 31 heavy (non-hydrogen) atoms. The number of hydrogen-bond acceptors (Lipinski definition) is 4. The monoisotopic (exact) mass is 426 g/mol. The highest BCUT2D eigenvalue weighted by Crippen LogP contribution is 2.66. The average Bonchev–Trinajstić information content (AvgIpc) is 3.38. The highest BCUT2D eigenvalue weighted by atomic mass is 16.6. The molecule has 12 atom stereocenters. The maximum Gasteiger partial charge on any atom is 0.104 e. The summed E-state index contributed by atoms with van der Waals surface area (Å²) in [5.41, 5.74) is 0. The molecule has 0 spiro atoms. The summed E-state index contributed by atoms with van der Waals surface area (Å²) in [6.07, 6.45) is 17.9. The van der Waals surface area contributed by atoms with Crippen molar-refractivity contribution >= 4 is 0 Å². The van der Waals surface area contributed by atoms with Crippen LogP contribution in [-0.2, 0) is 18.9 Å². The van der Waals surface area contributed by atoms with Crippen molar-refractivity contribution in [3.63, 3.8) is 0 Å². The van der Waals surface area contributed by atoms with Gasteiger partial charge >= 0.3 is 0 Å². The van der Waals surface area contributed by atoms with E-state index in [4.69, 9.17) is 18.9 Å². The van der Waals surface area contributed by atoms with Crippen LogP contribution >= 0.6 is 0 Å². The fourth-order valence-electron chi connectivity index (χ4n) is 8.46. The number of ether oxygens (including phenoxy) is 4. The first-order valence-electron chi connectivity index (χ1n) is 13.1. The van der Waals surface area contributed by atoms with Gasteiger partial charge in [-0.3, -0.25) is 0 Å². The van der Waals surface area contributed by atoms with E-state index in [0.29, 0.717) is 12.2 Å². The highest BCUT2D eigenvalue weighted by Gasteiger charge is 2.60. The quantitative estimate of drug-likeness (QED) is 0.333. The summed E-state index contributed by atoms with van der Waals surface area (Å²) in [4.78, 5) is 0. The molecule has 4 heteroatoms. The normalized spacial score (nSPS) is 53.2. The first-order valence-corrected chi connectivity index (χ1v) is 13.1. The summed E-state index contributed by atoms with van der Waals surface area (Å²) >= 11 is 0. The predicted octanol–water partition coefficient (Wildman–Crippen LogP) is 4.11. The van der Waals surface area contributed by atoms with Crippen molar-refractivity contribution in [3.8, 4) is 0 Å². The fraction of sp³-hybridized carbons (Fsp3) is 0.852. The molecule has 4 nitrogen and oxygen atoms in total. The lowest BCUT2D eigenvalue weighted by Gasteiger charge is -2.36. The maximum absolute atomic E-state index is 5.88. The highest BCUT2D eigenvalue weighted by molar-refractivity contribution is 5.20. The minimum absolute atomic E-state index is 0.425. The zero-order valence-electron chi connectivity index (χ0n) is 18.6. The van der Waals surface area contributed by atoms with Gasteiger partial charge in [0.2, 0.25) is 0 Å². The zero-order valence-corrected chi connectivity index (χ0v) is 18.6. The van der Waals surface area contributed by atoms with Crippen LogP contribution in [0.2, 0.25) is 0 Å². The van der Waals surface area contributed by atoms with Crippen molar-refractivity contribution in [1.82, 2.24) is 0 Å². The van der Waals surface area contributed by atoms with Crippen molar-refractivity contribution in [2.24, 2.45) is 59.2 Å². The van der Waals surface area contributed by atoms with Gasteiger partial charge in [-0.25, -0.2) is 0 Å². The standard InChI is InChI=1S/C16H22O2.C11H16O2/c1-2-10-3-9(1)15-11-4-12(14(5-11)16(10)15)6-17-7-13-8-18-13;1-2-9-3-8(1)4-10(9)5-12-6-11-7-13-11/h1-2,9-16H,3-8H2;1-2,8-11H,3-7H2. The van der Waals surface area contributed by atoms with Gasteiger partial charge in [0.05, 0.1) is 33.0 Å². The summed E-state index contributed by atoms with van der Waals surface area (Å²) in [5, 5.41) is 0. The molecule has 0 N–H and O–H groups in total. The minimum Gasteiger partial charge on any atom is -0.378 e. The van der Waals surface area contributed by atoms with Gasteiger partial charge in [-0.2, -0.15) is 0 Å². The summed E-state index contributed by atoms with van der Waals surface area (Å²) in [5.74, 6) is 9.36. The third-order valence-corrected chi connectivity index (χ3v) is 9.90. The Balaban J connectivity index is 0.000000117. The van der Waals surface area contributed by atoms with E-state index in [1.165, 1.54) is 32.1 Å². The van der Waals surface area contributed by atoms with E-state index in [0.717, 1.165) is 98.8 Å². The van der Waals surface area contributed by atoms with Crippen molar-refractivity contribution in [1.29, 1.82) is 0 Å². The van der Waals surface area contributed by atoms with Gasteiger partial charge in [-0.1, -0.05) is 24.3 Å². The lowest BCUT2D eigenvalue weighted by atomic mass is 9.69. The van der Waals surface area contributed by atoms with Crippen molar-refractivity contribution in [3.05, 3.63) is 24.3 Å². The van der Waals surface area contributed by atoms with Gasteiger partial charge in [0, 0.05) is 6.61 Å². The lowest BCUT2D eigenvalue weighted by Crippen LogP contribution is -2.33. The minimum atomic E-state index is 0.425. The average molecular weight is 427 g/mol. The largest absolute Gasteiger partial charge is 0.378 e. The van der Waals surface area contributed by atoms with E-state index in [2.05, 4.69) is 24.3 Å². The van der Waals surface area contributed by atoms with Crippen molar-refractivity contribution < 1.29 is 18.9 Å². The molecule has 0 radical (unpaired) electrons. The van der Waals surface area contributed by atoms with Crippen LogP contribution in [0.1, 0.15) is 32.1 Å². The third kappa shape index (κ3) is 3.86.